The molecule has 0 atom stereocenters. The number of nitrogens with zero attached hydrogens (tertiary/aromatic N) is 6. The molecule has 2 heterocycles. The van der Waals surface area contributed by atoms with Crippen molar-refractivity contribution >= 4 is 28.6 Å². The van der Waals surface area contributed by atoms with Crippen LogP contribution in [-0.2, 0) is 13.6 Å². The lowest BCUT2D eigenvalue weighted by Crippen LogP contribution is -2.24. The van der Waals surface area contributed by atoms with E-state index in [2.05, 4.69) is 50.2 Å². The minimum Gasteiger partial charge on any atom is -0.313 e. The second kappa shape index (κ2) is 10.6. The van der Waals surface area contributed by atoms with Crippen LogP contribution in [0.25, 0.3) is 11.0 Å². The summed E-state index contributed by atoms with van der Waals surface area (Å²) in [5.74, 6) is 0.0972. The maximum atomic E-state index is 14.3. The third-order valence-electron chi connectivity index (χ3n) is 7.46. The molecule has 1 aliphatic rings. The van der Waals surface area contributed by atoms with E-state index in [1.54, 1.807) is 18.2 Å². The quantitative estimate of drug-likeness (QED) is 0.318. The number of hydrogen-bond acceptors (Lipinski definition) is 5. The van der Waals surface area contributed by atoms with E-state index in [0.29, 0.717) is 23.6 Å². The normalized spacial score (nSPS) is 14.7. The van der Waals surface area contributed by atoms with Crippen LogP contribution < -0.4 is 10.9 Å². The maximum absolute atomic E-state index is 14.3. The summed E-state index contributed by atoms with van der Waals surface area (Å²) in [6.45, 7) is 0.451. The van der Waals surface area contributed by atoms with Crippen molar-refractivity contribution in [3.05, 3.63) is 94.9 Å². The molecule has 0 aliphatic heterocycles. The summed E-state index contributed by atoms with van der Waals surface area (Å²) >= 11 is 0. The predicted octanol–water partition coefficient (Wildman–Crippen LogP) is 5.21. The molecule has 2 N–H and O–H groups in total. The molecule has 6 rings (SSSR count). The van der Waals surface area contributed by atoms with Crippen molar-refractivity contribution in [1.29, 1.82) is 0 Å². The maximum Gasteiger partial charge on any atom is 0.270 e. The highest BCUT2D eigenvalue weighted by molar-refractivity contribution is 6.03. The van der Waals surface area contributed by atoms with Crippen molar-refractivity contribution < 1.29 is 9.18 Å². The zero-order valence-electron chi connectivity index (χ0n) is 21.6. The van der Waals surface area contributed by atoms with Crippen molar-refractivity contribution in [2.75, 3.05) is 5.32 Å². The zero-order valence-corrected chi connectivity index (χ0v) is 21.6. The SMILES string of the molecule is Cn1c(=Nc2ccc(C3CCCCC3)cc2)n(Cc2ccc(C(=O)Nc3nn[nH]n3)cc2)c2cc(F)ccc21. The summed E-state index contributed by atoms with van der Waals surface area (Å²) in [4.78, 5) is 17.5. The first kappa shape index (κ1) is 24.7. The highest BCUT2D eigenvalue weighted by Gasteiger charge is 2.16. The Labute approximate surface area is 224 Å². The molecule has 0 saturated heterocycles. The van der Waals surface area contributed by atoms with Gasteiger partial charge in [-0.25, -0.2) is 9.38 Å². The average molecular weight is 525 g/mol. The monoisotopic (exact) mass is 524 g/mol. The molecule has 5 aromatic rings. The zero-order chi connectivity index (χ0) is 26.8. The molecule has 39 heavy (non-hydrogen) atoms. The topological polar surface area (TPSA) is 106 Å². The molecule has 3 aromatic carbocycles. The minimum atomic E-state index is -0.338. The van der Waals surface area contributed by atoms with Gasteiger partial charge in [0.1, 0.15) is 5.82 Å². The van der Waals surface area contributed by atoms with Crippen molar-refractivity contribution in [3.63, 3.8) is 0 Å². The highest BCUT2D eigenvalue weighted by atomic mass is 19.1. The number of H-pyrrole nitrogens is 1. The van der Waals surface area contributed by atoms with Crippen LogP contribution in [0.2, 0.25) is 0 Å². The van der Waals surface area contributed by atoms with Gasteiger partial charge in [0.25, 0.3) is 11.9 Å². The molecule has 1 fully saturated rings. The Morgan fingerprint density at radius 1 is 1.03 bits per heavy atom. The van der Waals surface area contributed by atoms with Gasteiger partial charge in [-0.15, -0.1) is 5.10 Å². The van der Waals surface area contributed by atoms with Gasteiger partial charge in [-0.1, -0.05) is 48.6 Å². The van der Waals surface area contributed by atoms with E-state index in [1.807, 2.05) is 28.3 Å². The van der Waals surface area contributed by atoms with Crippen molar-refractivity contribution in [3.8, 4) is 0 Å². The number of carbonyl (C=O) groups is 1. The lowest BCUT2D eigenvalue weighted by atomic mass is 9.84. The van der Waals surface area contributed by atoms with Gasteiger partial charge in [-0.05, 0) is 77.6 Å². The largest absolute Gasteiger partial charge is 0.313 e. The average Bonchev–Trinajstić information content (AvgIpc) is 3.56. The third kappa shape index (κ3) is 5.22. The van der Waals surface area contributed by atoms with E-state index in [0.717, 1.165) is 22.3 Å². The third-order valence-corrected chi connectivity index (χ3v) is 7.46. The number of amides is 1. The lowest BCUT2D eigenvalue weighted by Gasteiger charge is -2.21. The Kier molecular flexibility index (Phi) is 6.75. The minimum absolute atomic E-state index is 0.107. The number of imidazole rings is 1. The van der Waals surface area contributed by atoms with Gasteiger partial charge in [-0.2, -0.15) is 5.21 Å². The second-order valence-corrected chi connectivity index (χ2v) is 10.0. The molecule has 0 radical (unpaired) electrons. The summed E-state index contributed by atoms with van der Waals surface area (Å²) in [7, 11) is 1.94. The number of aryl methyl sites for hydroxylation is 1. The van der Waals surface area contributed by atoms with E-state index < -0.39 is 0 Å². The summed E-state index contributed by atoms with van der Waals surface area (Å²) in [5, 5.41) is 15.8. The molecule has 2 aromatic heterocycles. The fourth-order valence-corrected chi connectivity index (χ4v) is 5.39. The van der Waals surface area contributed by atoms with Crippen LogP contribution in [0.5, 0.6) is 0 Å². The summed E-state index contributed by atoms with van der Waals surface area (Å²) in [6.07, 6.45) is 6.44. The van der Waals surface area contributed by atoms with Crippen LogP contribution in [0.4, 0.5) is 16.0 Å². The van der Waals surface area contributed by atoms with Crippen molar-refractivity contribution in [1.82, 2.24) is 29.8 Å². The molecule has 1 amide bonds. The number of halogens is 1. The Bertz CT molecular complexity index is 1660. The van der Waals surface area contributed by atoms with Crippen LogP contribution in [0.15, 0.2) is 71.7 Å². The molecular formula is C29H29FN8O. The Balaban J connectivity index is 1.32. The fourth-order valence-electron chi connectivity index (χ4n) is 5.39. The van der Waals surface area contributed by atoms with Crippen molar-refractivity contribution in [2.24, 2.45) is 12.0 Å². The first-order valence-electron chi connectivity index (χ1n) is 13.2. The molecule has 9 nitrogen and oxygen atoms in total. The first-order valence-corrected chi connectivity index (χ1v) is 13.2. The Morgan fingerprint density at radius 2 is 1.79 bits per heavy atom. The number of hydrogen-bond donors (Lipinski definition) is 2. The number of anilines is 1. The Morgan fingerprint density at radius 3 is 2.51 bits per heavy atom. The van der Waals surface area contributed by atoms with E-state index in [1.165, 1.54) is 49.8 Å². The van der Waals surface area contributed by atoms with Gasteiger partial charge >= 0.3 is 0 Å². The van der Waals surface area contributed by atoms with Crippen LogP contribution in [0.3, 0.4) is 0 Å². The smallest absolute Gasteiger partial charge is 0.270 e. The van der Waals surface area contributed by atoms with Crippen LogP contribution in [0.1, 0.15) is 59.5 Å². The number of nitrogens with one attached hydrogen (secondary N) is 2. The van der Waals surface area contributed by atoms with Gasteiger partial charge in [0.05, 0.1) is 23.3 Å². The van der Waals surface area contributed by atoms with Crippen LogP contribution >= 0.6 is 0 Å². The second-order valence-electron chi connectivity index (χ2n) is 10.0. The number of aromatic nitrogens is 6. The Hall–Kier alpha value is -4.60. The number of rotatable bonds is 6. The summed E-state index contributed by atoms with van der Waals surface area (Å²) in [6, 6.07) is 20.5. The van der Waals surface area contributed by atoms with E-state index in [4.69, 9.17) is 4.99 Å². The molecule has 198 valence electrons. The number of tetrazole rings is 1. The lowest BCUT2D eigenvalue weighted by molar-refractivity contribution is 0.102. The van der Waals surface area contributed by atoms with Crippen LogP contribution in [0, 0.1) is 5.82 Å². The molecular weight excluding hydrogens is 495 g/mol. The molecule has 10 heteroatoms. The summed E-state index contributed by atoms with van der Waals surface area (Å²) in [5.41, 5.74) is 5.96. The van der Waals surface area contributed by atoms with Gasteiger partial charge in [0.15, 0.2) is 0 Å². The standard InChI is InChI=1S/C29H29FN8O/c1-37-25-16-13-23(30)17-26(25)38(18-19-7-9-22(10-8-19)27(39)32-28-33-35-36-34-28)29(37)31-24-14-11-21(12-15-24)20-5-3-2-4-6-20/h7-17,20H,2-6,18H2,1H3,(H2,32,33,34,35,36,39). The van der Waals surface area contributed by atoms with Gasteiger partial charge in [0, 0.05) is 12.6 Å². The summed E-state index contributed by atoms with van der Waals surface area (Å²) < 4.78 is 18.3. The predicted molar refractivity (Wildman–Crippen MR) is 146 cm³/mol. The van der Waals surface area contributed by atoms with Crippen molar-refractivity contribution in [2.45, 2.75) is 44.6 Å². The van der Waals surface area contributed by atoms with E-state index in [-0.39, 0.29) is 17.7 Å². The molecule has 0 spiro atoms. The number of aromatic amines is 1. The van der Waals surface area contributed by atoms with Gasteiger partial charge in [0.2, 0.25) is 5.62 Å². The highest BCUT2D eigenvalue weighted by Crippen LogP contribution is 2.33. The molecule has 0 bridgehead atoms. The first-order chi connectivity index (χ1) is 19.0. The molecule has 1 saturated carbocycles. The number of benzene rings is 3. The van der Waals surface area contributed by atoms with Gasteiger partial charge in [-0.3, -0.25) is 10.1 Å². The van der Waals surface area contributed by atoms with Gasteiger partial charge < -0.3 is 9.13 Å². The fraction of sp³-hybridized carbons (Fsp3) is 0.276. The number of fused-ring (bicyclic) bond motifs is 1. The number of carbonyl (C=O) groups excluding carboxylic acids is 1. The van der Waals surface area contributed by atoms with E-state index >= 15 is 0 Å². The van der Waals surface area contributed by atoms with Crippen LogP contribution in [-0.4, -0.2) is 35.7 Å². The van der Waals surface area contributed by atoms with E-state index in [9.17, 15) is 9.18 Å². The molecule has 1 aliphatic carbocycles. The molecule has 0 unspecified atom stereocenters.